The summed E-state index contributed by atoms with van der Waals surface area (Å²) in [6.07, 6.45) is 2.43. The molecule has 0 aliphatic carbocycles. The van der Waals surface area contributed by atoms with Crippen molar-refractivity contribution in [2.75, 3.05) is 6.61 Å². The minimum absolute atomic E-state index is 0.0220. The number of hydrogen-bond donors (Lipinski definition) is 0. The molecule has 3 fully saturated rings. The van der Waals surface area contributed by atoms with Gasteiger partial charge in [-0.2, -0.15) is 0 Å². The molecular weight excluding hydrogens is 320 g/mol. The number of rotatable bonds is 3. The number of benzene rings is 1. The quantitative estimate of drug-likeness (QED) is 0.825. The van der Waals surface area contributed by atoms with Crippen LogP contribution in [0.2, 0.25) is 0 Å². The third-order valence-corrected chi connectivity index (χ3v) is 5.26. The molecule has 110 valence electrons. The summed E-state index contributed by atoms with van der Waals surface area (Å²) in [5.41, 5.74) is 0.899. The predicted octanol–water partition coefficient (Wildman–Crippen LogP) is 4.20. The standard InChI is InChI=1S/C16H21BrO3/c1-4-9-15-10-18-16(19-11(15)2,20-12(15)3)13-5-7-14(17)8-6-13/h5-8,11-12H,4,9-10H2,1-3H3. The van der Waals surface area contributed by atoms with Crippen molar-refractivity contribution in [2.24, 2.45) is 5.41 Å². The van der Waals surface area contributed by atoms with Crippen molar-refractivity contribution in [3.8, 4) is 0 Å². The Kier molecular flexibility index (Phi) is 3.70. The van der Waals surface area contributed by atoms with Gasteiger partial charge in [0.15, 0.2) is 0 Å². The van der Waals surface area contributed by atoms with Crippen LogP contribution in [0.3, 0.4) is 0 Å². The Bertz CT molecular complexity index is 473. The molecule has 0 spiro atoms. The lowest BCUT2D eigenvalue weighted by molar-refractivity contribution is -0.515. The van der Waals surface area contributed by atoms with Crippen LogP contribution in [0.25, 0.3) is 0 Å². The molecule has 0 N–H and O–H groups in total. The first-order valence-electron chi connectivity index (χ1n) is 7.28. The van der Waals surface area contributed by atoms with E-state index in [1.807, 2.05) is 24.3 Å². The van der Waals surface area contributed by atoms with Crippen LogP contribution in [0.4, 0.5) is 0 Å². The Balaban J connectivity index is 1.93. The van der Waals surface area contributed by atoms with Gasteiger partial charge in [0.05, 0.1) is 18.8 Å². The van der Waals surface area contributed by atoms with Crippen LogP contribution in [-0.2, 0) is 20.2 Å². The summed E-state index contributed by atoms with van der Waals surface area (Å²) >= 11 is 3.45. The van der Waals surface area contributed by atoms with Crippen molar-refractivity contribution in [1.82, 2.24) is 0 Å². The second-order valence-electron chi connectivity index (χ2n) is 5.86. The Hall–Kier alpha value is -0.420. The normalized spacial score (nSPS) is 40.0. The van der Waals surface area contributed by atoms with Crippen molar-refractivity contribution < 1.29 is 14.2 Å². The van der Waals surface area contributed by atoms with Crippen molar-refractivity contribution in [2.45, 2.75) is 51.8 Å². The van der Waals surface area contributed by atoms with Crippen LogP contribution in [-0.4, -0.2) is 18.8 Å². The van der Waals surface area contributed by atoms with Gasteiger partial charge in [-0.15, -0.1) is 0 Å². The molecule has 4 heteroatoms. The highest BCUT2D eigenvalue weighted by Crippen LogP contribution is 2.53. The van der Waals surface area contributed by atoms with E-state index in [9.17, 15) is 0 Å². The lowest BCUT2D eigenvalue weighted by Crippen LogP contribution is -2.65. The summed E-state index contributed by atoms with van der Waals surface area (Å²) in [6, 6.07) is 7.94. The molecular formula is C16H21BrO3. The van der Waals surface area contributed by atoms with Crippen molar-refractivity contribution in [3.63, 3.8) is 0 Å². The molecule has 0 saturated carbocycles. The number of ether oxygens (including phenoxy) is 3. The number of hydrogen-bond acceptors (Lipinski definition) is 3. The lowest BCUT2D eigenvalue weighted by atomic mass is 9.73. The molecule has 3 saturated heterocycles. The fourth-order valence-corrected chi connectivity index (χ4v) is 3.67. The summed E-state index contributed by atoms with van der Waals surface area (Å²) in [7, 11) is 0. The molecule has 0 amide bonds. The minimum Gasteiger partial charge on any atom is -0.323 e. The maximum Gasteiger partial charge on any atom is 0.312 e. The molecule has 20 heavy (non-hydrogen) atoms. The molecule has 0 radical (unpaired) electrons. The molecule has 0 aromatic heterocycles. The molecule has 3 heterocycles. The highest BCUT2D eigenvalue weighted by molar-refractivity contribution is 9.10. The number of halogens is 1. The summed E-state index contributed by atoms with van der Waals surface area (Å²) in [5, 5.41) is 0. The van der Waals surface area contributed by atoms with E-state index in [0.29, 0.717) is 6.61 Å². The van der Waals surface area contributed by atoms with E-state index < -0.39 is 5.97 Å². The molecule has 2 unspecified atom stereocenters. The van der Waals surface area contributed by atoms with Crippen molar-refractivity contribution in [1.29, 1.82) is 0 Å². The van der Waals surface area contributed by atoms with E-state index in [4.69, 9.17) is 14.2 Å². The van der Waals surface area contributed by atoms with Gasteiger partial charge in [0.25, 0.3) is 0 Å². The van der Waals surface area contributed by atoms with Crippen LogP contribution in [0, 0.1) is 5.41 Å². The zero-order valence-electron chi connectivity index (χ0n) is 12.2. The Morgan fingerprint density at radius 1 is 1.15 bits per heavy atom. The highest BCUT2D eigenvalue weighted by Gasteiger charge is 2.60. The SMILES string of the molecule is CCCC12COC(c3ccc(Br)cc3)(OC1C)OC2C. The summed E-state index contributed by atoms with van der Waals surface area (Å²) in [6.45, 7) is 7.17. The molecule has 3 nitrogen and oxygen atoms in total. The van der Waals surface area contributed by atoms with Crippen molar-refractivity contribution >= 4 is 15.9 Å². The van der Waals surface area contributed by atoms with Crippen LogP contribution in [0.5, 0.6) is 0 Å². The van der Waals surface area contributed by atoms with Crippen LogP contribution in [0.15, 0.2) is 28.7 Å². The van der Waals surface area contributed by atoms with Crippen LogP contribution >= 0.6 is 15.9 Å². The van der Waals surface area contributed by atoms with Crippen LogP contribution in [0.1, 0.15) is 39.2 Å². The Morgan fingerprint density at radius 3 is 2.25 bits per heavy atom. The predicted molar refractivity (Wildman–Crippen MR) is 80.2 cm³/mol. The van der Waals surface area contributed by atoms with E-state index in [0.717, 1.165) is 22.9 Å². The molecule has 2 atom stereocenters. The first-order chi connectivity index (χ1) is 9.52. The first-order valence-corrected chi connectivity index (χ1v) is 8.07. The van der Waals surface area contributed by atoms with E-state index >= 15 is 0 Å². The second-order valence-corrected chi connectivity index (χ2v) is 6.77. The zero-order chi connectivity index (χ0) is 14.4. The minimum atomic E-state index is -1.03. The third-order valence-electron chi connectivity index (χ3n) is 4.73. The average Bonchev–Trinajstić information content (AvgIpc) is 2.42. The van der Waals surface area contributed by atoms with Crippen LogP contribution < -0.4 is 0 Å². The Labute approximate surface area is 128 Å². The largest absolute Gasteiger partial charge is 0.323 e. The molecule has 4 rings (SSSR count). The number of fused-ring (bicyclic) bond motifs is 3. The molecule has 1 aromatic carbocycles. The summed E-state index contributed by atoms with van der Waals surface area (Å²) in [4.78, 5) is 0. The summed E-state index contributed by atoms with van der Waals surface area (Å²) in [5.74, 6) is -1.03. The topological polar surface area (TPSA) is 27.7 Å². The fourth-order valence-electron chi connectivity index (χ4n) is 3.41. The van der Waals surface area contributed by atoms with E-state index in [1.54, 1.807) is 0 Å². The van der Waals surface area contributed by atoms with Gasteiger partial charge < -0.3 is 14.2 Å². The average molecular weight is 341 g/mol. The first kappa shape index (κ1) is 14.5. The van der Waals surface area contributed by atoms with Gasteiger partial charge >= 0.3 is 5.97 Å². The van der Waals surface area contributed by atoms with Gasteiger partial charge in [0.1, 0.15) is 0 Å². The van der Waals surface area contributed by atoms with E-state index in [-0.39, 0.29) is 17.6 Å². The van der Waals surface area contributed by atoms with Gasteiger partial charge in [-0.1, -0.05) is 29.3 Å². The van der Waals surface area contributed by atoms with E-state index in [2.05, 4.69) is 36.7 Å². The maximum absolute atomic E-state index is 6.17. The van der Waals surface area contributed by atoms with Gasteiger partial charge in [-0.25, -0.2) is 0 Å². The third kappa shape index (κ3) is 2.05. The highest BCUT2D eigenvalue weighted by atomic mass is 79.9. The van der Waals surface area contributed by atoms with Gasteiger partial charge in [-0.05, 0) is 44.5 Å². The van der Waals surface area contributed by atoms with Gasteiger partial charge in [-0.3, -0.25) is 0 Å². The molecule has 3 aliphatic heterocycles. The monoisotopic (exact) mass is 340 g/mol. The molecule has 2 bridgehead atoms. The molecule has 3 aliphatic rings. The summed E-state index contributed by atoms with van der Waals surface area (Å²) < 4.78 is 19.4. The van der Waals surface area contributed by atoms with Gasteiger partial charge in [0, 0.05) is 15.5 Å². The lowest BCUT2D eigenvalue weighted by Gasteiger charge is -2.58. The Morgan fingerprint density at radius 2 is 1.75 bits per heavy atom. The van der Waals surface area contributed by atoms with E-state index in [1.165, 1.54) is 0 Å². The second kappa shape index (κ2) is 5.09. The smallest absolute Gasteiger partial charge is 0.312 e. The van der Waals surface area contributed by atoms with Crippen molar-refractivity contribution in [3.05, 3.63) is 34.3 Å². The fraction of sp³-hybridized carbons (Fsp3) is 0.625. The maximum atomic E-state index is 6.17. The van der Waals surface area contributed by atoms with Gasteiger partial charge in [0.2, 0.25) is 0 Å². The zero-order valence-corrected chi connectivity index (χ0v) is 13.8. The molecule has 1 aromatic rings.